The summed E-state index contributed by atoms with van der Waals surface area (Å²) in [6, 6.07) is 9.91. The largest absolute Gasteiger partial charge is 0.355 e. The molecule has 1 aliphatic rings. The van der Waals surface area contributed by atoms with Crippen molar-refractivity contribution in [1.29, 1.82) is 0 Å². The first-order valence-corrected chi connectivity index (χ1v) is 9.63. The molecular weight excluding hydrogens is 338 g/mol. The van der Waals surface area contributed by atoms with Gasteiger partial charge in [0.05, 0.1) is 18.2 Å². The normalized spacial score (nSPS) is 15.6. The van der Waals surface area contributed by atoms with Gasteiger partial charge in [-0.15, -0.1) is 5.10 Å². The van der Waals surface area contributed by atoms with E-state index in [0.717, 1.165) is 54.8 Å². The summed E-state index contributed by atoms with van der Waals surface area (Å²) in [5.41, 5.74) is 0.914. The Morgan fingerprint density at radius 3 is 2.70 bits per heavy atom. The molecule has 4 rings (SSSR count). The van der Waals surface area contributed by atoms with Gasteiger partial charge in [0.2, 0.25) is 0 Å². The lowest BCUT2D eigenvalue weighted by Gasteiger charge is -2.33. The molecule has 140 valence electrons. The van der Waals surface area contributed by atoms with E-state index in [9.17, 15) is 4.79 Å². The zero-order chi connectivity index (χ0) is 18.8. The van der Waals surface area contributed by atoms with Gasteiger partial charge in [-0.1, -0.05) is 38.1 Å². The van der Waals surface area contributed by atoms with Crippen molar-refractivity contribution in [2.24, 2.45) is 5.92 Å². The molecular formula is C21H25N5O. The van der Waals surface area contributed by atoms with Crippen LogP contribution in [-0.2, 0) is 6.54 Å². The SMILES string of the molecule is CC(C)c1cc(=O)n(CC2CCN(c3nncc4ccccc34)CC2)cn1. The fourth-order valence-electron chi connectivity index (χ4n) is 3.74. The second-order valence-electron chi connectivity index (χ2n) is 7.64. The van der Waals surface area contributed by atoms with Crippen molar-refractivity contribution in [2.75, 3.05) is 18.0 Å². The van der Waals surface area contributed by atoms with E-state index in [4.69, 9.17) is 0 Å². The number of benzene rings is 1. The molecule has 1 aliphatic heterocycles. The minimum Gasteiger partial charge on any atom is -0.355 e. The maximum absolute atomic E-state index is 12.3. The number of anilines is 1. The van der Waals surface area contributed by atoms with E-state index in [1.165, 1.54) is 0 Å². The van der Waals surface area contributed by atoms with Crippen LogP contribution in [0.2, 0.25) is 0 Å². The first kappa shape index (κ1) is 17.6. The van der Waals surface area contributed by atoms with Gasteiger partial charge in [-0.05, 0) is 24.7 Å². The van der Waals surface area contributed by atoms with Gasteiger partial charge in [-0.25, -0.2) is 4.98 Å². The number of piperidine rings is 1. The van der Waals surface area contributed by atoms with Gasteiger partial charge in [-0.2, -0.15) is 5.10 Å². The Morgan fingerprint density at radius 2 is 1.96 bits per heavy atom. The van der Waals surface area contributed by atoms with Gasteiger partial charge in [-0.3, -0.25) is 9.36 Å². The number of hydrogen-bond donors (Lipinski definition) is 0. The predicted octanol–water partition coefficient (Wildman–Crippen LogP) is 3.23. The molecule has 0 amide bonds. The number of nitrogens with zero attached hydrogens (tertiary/aromatic N) is 5. The molecule has 3 heterocycles. The van der Waals surface area contributed by atoms with E-state index in [1.54, 1.807) is 17.0 Å². The highest BCUT2D eigenvalue weighted by atomic mass is 16.1. The number of hydrogen-bond acceptors (Lipinski definition) is 5. The zero-order valence-electron chi connectivity index (χ0n) is 15.9. The molecule has 1 fully saturated rings. The molecule has 1 aromatic carbocycles. The highest BCUT2D eigenvalue weighted by Crippen LogP contribution is 2.28. The van der Waals surface area contributed by atoms with Crippen LogP contribution in [0.4, 0.5) is 5.82 Å². The van der Waals surface area contributed by atoms with Crippen LogP contribution < -0.4 is 10.5 Å². The summed E-state index contributed by atoms with van der Waals surface area (Å²) in [7, 11) is 0. The average molecular weight is 363 g/mol. The van der Waals surface area contributed by atoms with E-state index in [2.05, 4.69) is 46.1 Å². The Labute approximate surface area is 158 Å². The third-order valence-electron chi connectivity index (χ3n) is 5.41. The molecule has 0 spiro atoms. The number of aromatic nitrogens is 4. The van der Waals surface area contributed by atoms with Crippen LogP contribution in [-0.4, -0.2) is 32.8 Å². The van der Waals surface area contributed by atoms with Gasteiger partial charge in [0.1, 0.15) is 0 Å². The van der Waals surface area contributed by atoms with Gasteiger partial charge in [0.15, 0.2) is 5.82 Å². The van der Waals surface area contributed by atoms with Crippen LogP contribution in [0.5, 0.6) is 0 Å². The van der Waals surface area contributed by atoms with Crippen molar-refractivity contribution in [1.82, 2.24) is 19.7 Å². The molecule has 27 heavy (non-hydrogen) atoms. The molecule has 0 N–H and O–H groups in total. The third kappa shape index (κ3) is 3.70. The minimum absolute atomic E-state index is 0.0519. The van der Waals surface area contributed by atoms with E-state index in [-0.39, 0.29) is 11.5 Å². The molecule has 0 aliphatic carbocycles. The van der Waals surface area contributed by atoms with Crippen LogP contribution in [0, 0.1) is 5.92 Å². The Hall–Kier alpha value is -2.76. The molecule has 0 radical (unpaired) electrons. The van der Waals surface area contributed by atoms with Crippen molar-refractivity contribution in [3.63, 3.8) is 0 Å². The fourth-order valence-corrected chi connectivity index (χ4v) is 3.74. The van der Waals surface area contributed by atoms with E-state index < -0.39 is 0 Å². The Morgan fingerprint density at radius 1 is 1.19 bits per heavy atom. The van der Waals surface area contributed by atoms with Crippen molar-refractivity contribution in [3.05, 3.63) is 58.9 Å². The maximum atomic E-state index is 12.3. The van der Waals surface area contributed by atoms with Crippen LogP contribution in [0.1, 0.15) is 38.3 Å². The van der Waals surface area contributed by atoms with Crippen molar-refractivity contribution >= 4 is 16.6 Å². The summed E-state index contributed by atoms with van der Waals surface area (Å²) in [4.78, 5) is 19.1. The minimum atomic E-state index is 0.0519. The van der Waals surface area contributed by atoms with Gasteiger partial charge >= 0.3 is 0 Å². The second-order valence-corrected chi connectivity index (χ2v) is 7.64. The Bertz CT molecular complexity index is 984. The molecule has 2 aromatic heterocycles. The standard InChI is InChI=1S/C21H25N5O/c1-15(2)19-11-20(27)26(14-22-19)13-16-7-9-25(10-8-16)21-18-6-4-3-5-17(18)12-23-24-21/h3-6,11-12,14-16H,7-10,13H2,1-2H3. The van der Waals surface area contributed by atoms with Crippen LogP contribution >= 0.6 is 0 Å². The molecule has 3 aromatic rings. The molecule has 0 bridgehead atoms. The van der Waals surface area contributed by atoms with E-state index in [0.29, 0.717) is 5.92 Å². The molecule has 0 unspecified atom stereocenters. The van der Waals surface area contributed by atoms with E-state index in [1.807, 2.05) is 18.3 Å². The van der Waals surface area contributed by atoms with E-state index >= 15 is 0 Å². The molecule has 6 heteroatoms. The summed E-state index contributed by atoms with van der Waals surface area (Å²) >= 11 is 0. The van der Waals surface area contributed by atoms with Crippen molar-refractivity contribution in [2.45, 2.75) is 39.2 Å². The van der Waals surface area contributed by atoms with Crippen molar-refractivity contribution in [3.8, 4) is 0 Å². The molecule has 0 atom stereocenters. The Balaban J connectivity index is 1.44. The fraction of sp³-hybridized carbons (Fsp3) is 0.429. The quantitative estimate of drug-likeness (QED) is 0.712. The van der Waals surface area contributed by atoms with Crippen LogP contribution in [0.15, 0.2) is 47.7 Å². The predicted molar refractivity (Wildman–Crippen MR) is 107 cm³/mol. The highest BCUT2D eigenvalue weighted by Gasteiger charge is 2.22. The summed E-state index contributed by atoms with van der Waals surface area (Å²) in [5.74, 6) is 1.72. The van der Waals surface area contributed by atoms with Gasteiger partial charge < -0.3 is 4.90 Å². The average Bonchev–Trinajstić information content (AvgIpc) is 2.69. The third-order valence-corrected chi connectivity index (χ3v) is 5.41. The smallest absolute Gasteiger partial charge is 0.253 e. The number of rotatable bonds is 4. The van der Waals surface area contributed by atoms with Crippen molar-refractivity contribution < 1.29 is 0 Å². The molecule has 1 saturated heterocycles. The summed E-state index contributed by atoms with van der Waals surface area (Å²) in [6.07, 6.45) is 5.58. The first-order valence-electron chi connectivity index (χ1n) is 9.63. The van der Waals surface area contributed by atoms with Crippen LogP contribution in [0.25, 0.3) is 10.8 Å². The highest BCUT2D eigenvalue weighted by molar-refractivity contribution is 5.91. The molecule has 0 saturated carbocycles. The first-order chi connectivity index (χ1) is 13.1. The topological polar surface area (TPSA) is 63.9 Å². The second kappa shape index (κ2) is 7.47. The lowest BCUT2D eigenvalue weighted by molar-refractivity contribution is 0.350. The monoisotopic (exact) mass is 363 g/mol. The lowest BCUT2D eigenvalue weighted by atomic mass is 9.96. The zero-order valence-corrected chi connectivity index (χ0v) is 15.9. The molecule has 6 nitrogen and oxygen atoms in total. The number of fused-ring (bicyclic) bond motifs is 1. The summed E-state index contributed by atoms with van der Waals surface area (Å²) in [6.45, 7) is 6.70. The van der Waals surface area contributed by atoms with Crippen LogP contribution in [0.3, 0.4) is 0 Å². The Kier molecular flexibility index (Phi) is 4.88. The summed E-state index contributed by atoms with van der Waals surface area (Å²) < 4.78 is 1.75. The lowest BCUT2D eigenvalue weighted by Crippen LogP contribution is -2.37. The summed E-state index contributed by atoms with van der Waals surface area (Å²) in [5, 5.41) is 10.8. The maximum Gasteiger partial charge on any atom is 0.253 e. The van der Waals surface area contributed by atoms with Gasteiger partial charge in [0.25, 0.3) is 5.56 Å². The van der Waals surface area contributed by atoms with Gasteiger partial charge in [0, 0.05) is 36.5 Å².